The van der Waals surface area contributed by atoms with Crippen molar-refractivity contribution in [3.63, 3.8) is 0 Å². The molecule has 0 spiro atoms. The number of ether oxygens (including phenoxy) is 1. The average molecular weight is 440 g/mol. The molecule has 2 aromatic rings. The molecule has 0 atom stereocenters. The van der Waals surface area contributed by atoms with Crippen molar-refractivity contribution in [1.82, 2.24) is 14.2 Å². The first-order valence-electron chi connectivity index (χ1n) is 10.00. The van der Waals surface area contributed by atoms with Crippen LogP contribution in [0.15, 0.2) is 34.7 Å². The van der Waals surface area contributed by atoms with Gasteiger partial charge in [-0.1, -0.05) is 11.3 Å². The number of rotatable bonds is 5. The second kappa shape index (κ2) is 8.67. The smallest absolute Gasteiger partial charge is 0.273 e. The van der Waals surface area contributed by atoms with E-state index >= 15 is 0 Å². The van der Waals surface area contributed by atoms with Crippen LogP contribution in [-0.2, 0) is 10.0 Å². The highest BCUT2D eigenvalue weighted by atomic mass is 32.2. The molecule has 0 radical (unpaired) electrons. The van der Waals surface area contributed by atoms with Crippen LogP contribution in [0.2, 0.25) is 0 Å². The van der Waals surface area contributed by atoms with Crippen LogP contribution in [-0.4, -0.2) is 60.9 Å². The predicted molar refractivity (Wildman–Crippen MR) is 110 cm³/mol. The number of halogens is 1. The summed E-state index contributed by atoms with van der Waals surface area (Å²) in [5.74, 6) is -0.384. The number of benzene rings is 1. The van der Waals surface area contributed by atoms with Gasteiger partial charge >= 0.3 is 0 Å². The van der Waals surface area contributed by atoms with E-state index in [4.69, 9.17) is 4.74 Å². The number of nitrogens with zero attached hydrogens (tertiary/aromatic N) is 3. The molecular formula is C20H26FN3O3S2. The molecule has 6 nitrogen and oxygen atoms in total. The van der Waals surface area contributed by atoms with E-state index in [0.29, 0.717) is 24.7 Å². The zero-order chi connectivity index (χ0) is 20.4. The van der Waals surface area contributed by atoms with E-state index in [1.54, 1.807) is 13.1 Å². The van der Waals surface area contributed by atoms with Gasteiger partial charge in [0, 0.05) is 43.8 Å². The molecule has 29 heavy (non-hydrogen) atoms. The Morgan fingerprint density at radius 3 is 2.48 bits per heavy atom. The molecule has 0 unspecified atom stereocenters. The normalized spacial score (nSPS) is 20.8. The van der Waals surface area contributed by atoms with Crippen LogP contribution >= 0.6 is 11.3 Å². The van der Waals surface area contributed by atoms with Crippen molar-refractivity contribution in [2.24, 2.45) is 0 Å². The highest BCUT2D eigenvalue weighted by Gasteiger charge is 2.33. The van der Waals surface area contributed by atoms with Crippen molar-refractivity contribution in [3.8, 4) is 5.19 Å². The second-order valence-corrected chi connectivity index (χ2v) is 10.5. The van der Waals surface area contributed by atoms with Crippen molar-refractivity contribution < 1.29 is 17.5 Å². The second-order valence-electron chi connectivity index (χ2n) is 7.70. The molecule has 0 aliphatic carbocycles. The third-order valence-corrected chi connectivity index (χ3v) is 8.42. The number of likely N-dealkylation sites (tertiary alicyclic amines) is 1. The summed E-state index contributed by atoms with van der Waals surface area (Å²) in [6.45, 7) is 4.51. The van der Waals surface area contributed by atoms with E-state index in [2.05, 4.69) is 9.88 Å². The highest BCUT2D eigenvalue weighted by molar-refractivity contribution is 7.89. The van der Waals surface area contributed by atoms with Gasteiger partial charge in [0.25, 0.3) is 5.19 Å². The molecule has 2 aliphatic rings. The van der Waals surface area contributed by atoms with E-state index in [-0.39, 0.29) is 16.8 Å². The van der Waals surface area contributed by atoms with Crippen LogP contribution < -0.4 is 4.74 Å². The molecule has 1 aromatic heterocycles. The average Bonchev–Trinajstić information content (AvgIpc) is 3.24. The number of hydrogen-bond acceptors (Lipinski definition) is 6. The maximum absolute atomic E-state index is 13.5. The van der Waals surface area contributed by atoms with Crippen molar-refractivity contribution >= 4 is 21.4 Å². The van der Waals surface area contributed by atoms with Gasteiger partial charge < -0.3 is 9.64 Å². The number of sulfonamides is 1. The summed E-state index contributed by atoms with van der Waals surface area (Å²) in [7, 11) is -3.57. The molecular weight excluding hydrogens is 413 g/mol. The van der Waals surface area contributed by atoms with Gasteiger partial charge in [-0.15, -0.1) is 0 Å². The van der Waals surface area contributed by atoms with E-state index in [0.717, 1.165) is 44.0 Å². The lowest BCUT2D eigenvalue weighted by Gasteiger charge is -2.41. The largest absolute Gasteiger partial charge is 0.467 e. The van der Waals surface area contributed by atoms with Gasteiger partial charge in [-0.3, -0.25) is 0 Å². The molecule has 0 amide bonds. The summed E-state index contributed by atoms with van der Waals surface area (Å²) in [6.07, 6.45) is 5.53. The number of thiazole rings is 1. The van der Waals surface area contributed by atoms with Crippen molar-refractivity contribution in [2.75, 3.05) is 26.2 Å². The molecule has 2 aliphatic heterocycles. The van der Waals surface area contributed by atoms with E-state index in [9.17, 15) is 12.8 Å². The topological polar surface area (TPSA) is 62.7 Å². The van der Waals surface area contributed by atoms with Crippen LogP contribution in [0.1, 0.15) is 31.2 Å². The third kappa shape index (κ3) is 4.63. The lowest BCUT2D eigenvalue weighted by molar-refractivity contribution is 0.0584. The molecule has 4 rings (SSSR count). The van der Waals surface area contributed by atoms with E-state index < -0.39 is 10.0 Å². The lowest BCUT2D eigenvalue weighted by atomic mass is 10.00. The van der Waals surface area contributed by atoms with Gasteiger partial charge in [0.2, 0.25) is 10.0 Å². The summed E-state index contributed by atoms with van der Waals surface area (Å²) in [6, 6.07) is 4.41. The number of aryl methyl sites for hydroxylation is 1. The minimum atomic E-state index is -3.57. The predicted octanol–water partition coefficient (Wildman–Crippen LogP) is 3.29. The fourth-order valence-corrected chi connectivity index (χ4v) is 6.25. The Labute approximate surface area is 175 Å². The Morgan fingerprint density at radius 2 is 1.86 bits per heavy atom. The molecule has 0 saturated carbocycles. The zero-order valence-corrected chi connectivity index (χ0v) is 18.1. The Morgan fingerprint density at radius 1 is 1.14 bits per heavy atom. The van der Waals surface area contributed by atoms with Gasteiger partial charge in [0.1, 0.15) is 11.9 Å². The van der Waals surface area contributed by atoms with Crippen LogP contribution in [0.5, 0.6) is 5.19 Å². The molecule has 1 aromatic carbocycles. The van der Waals surface area contributed by atoms with Crippen molar-refractivity contribution in [3.05, 3.63) is 41.2 Å². The van der Waals surface area contributed by atoms with E-state index in [1.807, 2.05) is 5.38 Å². The maximum Gasteiger partial charge on any atom is 0.273 e. The summed E-state index contributed by atoms with van der Waals surface area (Å²) in [5.41, 5.74) is 0.351. The molecule has 9 heteroatoms. The Bertz CT molecular complexity index is 920. The zero-order valence-electron chi connectivity index (χ0n) is 16.5. The molecule has 2 fully saturated rings. The van der Waals surface area contributed by atoms with Gasteiger partial charge in [0.05, 0.1) is 4.90 Å². The Balaban J connectivity index is 1.30. The molecule has 2 saturated heterocycles. The van der Waals surface area contributed by atoms with Gasteiger partial charge in [-0.05, 0) is 56.4 Å². The third-order valence-electron chi connectivity index (χ3n) is 5.86. The first-order valence-corrected chi connectivity index (χ1v) is 12.3. The van der Waals surface area contributed by atoms with Gasteiger partial charge in [-0.2, -0.15) is 4.31 Å². The quantitative estimate of drug-likeness (QED) is 0.715. The summed E-state index contributed by atoms with van der Waals surface area (Å²) >= 11 is 1.52. The van der Waals surface area contributed by atoms with Crippen LogP contribution in [0.3, 0.4) is 0 Å². The Hall–Kier alpha value is -1.55. The van der Waals surface area contributed by atoms with Crippen LogP contribution in [0.25, 0.3) is 0 Å². The molecule has 3 heterocycles. The number of piperidine rings is 2. The highest BCUT2D eigenvalue weighted by Crippen LogP contribution is 2.27. The number of hydrogen-bond donors (Lipinski definition) is 0. The van der Waals surface area contributed by atoms with Gasteiger partial charge in [-0.25, -0.2) is 17.8 Å². The Kier molecular flexibility index (Phi) is 6.19. The first kappa shape index (κ1) is 20.7. The lowest BCUT2D eigenvalue weighted by Crippen LogP contribution is -2.50. The standard InChI is InChI=1S/C20H26FN3O3S2/c1-15-14-18(2-3-19(15)21)29(25,26)24-11-4-16(5-12-24)23-9-6-17(7-10-23)27-20-22-8-13-28-20/h2-3,8,13-14,16-17H,4-7,9-12H2,1H3. The van der Waals surface area contributed by atoms with Crippen molar-refractivity contribution in [1.29, 1.82) is 0 Å². The number of aromatic nitrogens is 1. The monoisotopic (exact) mass is 439 g/mol. The molecule has 0 N–H and O–H groups in total. The fourth-order valence-electron chi connectivity index (χ4n) is 4.14. The van der Waals surface area contributed by atoms with E-state index in [1.165, 1.54) is 33.8 Å². The van der Waals surface area contributed by atoms with Crippen LogP contribution in [0, 0.1) is 12.7 Å². The summed E-state index contributed by atoms with van der Waals surface area (Å²) in [5, 5.41) is 2.65. The molecule has 0 bridgehead atoms. The van der Waals surface area contributed by atoms with Crippen LogP contribution in [0.4, 0.5) is 4.39 Å². The molecule has 158 valence electrons. The summed E-state index contributed by atoms with van der Waals surface area (Å²) < 4.78 is 46.7. The first-order chi connectivity index (χ1) is 13.9. The van der Waals surface area contributed by atoms with Gasteiger partial charge in [0.15, 0.2) is 0 Å². The van der Waals surface area contributed by atoms with Crippen molar-refractivity contribution in [2.45, 2.75) is 49.6 Å². The minimum absolute atomic E-state index is 0.176. The summed E-state index contributed by atoms with van der Waals surface area (Å²) in [4.78, 5) is 6.83. The fraction of sp³-hybridized carbons (Fsp3) is 0.550. The minimum Gasteiger partial charge on any atom is -0.467 e. The SMILES string of the molecule is Cc1cc(S(=O)(=O)N2CCC(N3CCC(Oc4nccs4)CC3)CC2)ccc1F. The maximum atomic E-state index is 13.5.